The van der Waals surface area contributed by atoms with Crippen molar-refractivity contribution in [3.63, 3.8) is 0 Å². The molecule has 0 atom stereocenters. The van der Waals surface area contributed by atoms with Crippen LogP contribution in [0.2, 0.25) is 0 Å². The maximum atomic E-state index is 12.8. The summed E-state index contributed by atoms with van der Waals surface area (Å²) in [5.41, 5.74) is 3.33. The average Bonchev–Trinajstić information content (AvgIpc) is 3.00. The number of amides is 1. The van der Waals surface area contributed by atoms with Crippen molar-refractivity contribution in [2.24, 2.45) is 4.99 Å². The molecule has 1 aromatic rings. The van der Waals surface area contributed by atoms with Gasteiger partial charge in [0.05, 0.1) is 4.91 Å². The minimum Gasteiger partial charge on any atom is -0.323 e. The Bertz CT molecular complexity index is 679. The highest BCUT2D eigenvalue weighted by Crippen LogP contribution is 2.38. The van der Waals surface area contributed by atoms with E-state index in [4.69, 9.17) is 0 Å². The first kappa shape index (κ1) is 18.1. The van der Waals surface area contributed by atoms with Gasteiger partial charge in [0.2, 0.25) is 0 Å². The standard InChI is InChI=1S/C20H27N3OS/c1-3-5-8-15-9-11-16(12-10-15)22-19(24)18-17(7-4-2)23-14-6-13-21-20(23)25-18/h9-12H,3-8,13-14H2,1-2H3,(H,22,24). The molecule has 0 aliphatic carbocycles. The zero-order chi connectivity index (χ0) is 17.6. The third-order valence-corrected chi connectivity index (χ3v) is 5.68. The number of carbonyl (C=O) groups excluding carboxylic acids is 1. The monoisotopic (exact) mass is 357 g/mol. The Balaban J connectivity index is 1.72. The first-order valence-corrected chi connectivity index (χ1v) is 10.2. The van der Waals surface area contributed by atoms with E-state index in [1.165, 1.54) is 30.2 Å². The molecule has 1 amide bonds. The minimum absolute atomic E-state index is 0.00754. The molecule has 4 nitrogen and oxygen atoms in total. The third kappa shape index (κ3) is 4.27. The van der Waals surface area contributed by atoms with Gasteiger partial charge in [0.15, 0.2) is 5.17 Å². The molecule has 2 heterocycles. The molecule has 3 rings (SSSR count). The Kier molecular flexibility index (Phi) is 6.19. The molecule has 0 spiro atoms. The van der Waals surface area contributed by atoms with Crippen molar-refractivity contribution < 1.29 is 4.79 Å². The lowest BCUT2D eigenvalue weighted by Crippen LogP contribution is -2.29. The van der Waals surface area contributed by atoms with Crippen molar-refractivity contribution in [2.75, 3.05) is 18.4 Å². The van der Waals surface area contributed by atoms with E-state index < -0.39 is 0 Å². The number of thioether (sulfide) groups is 1. The number of benzene rings is 1. The van der Waals surface area contributed by atoms with E-state index in [1.807, 2.05) is 12.1 Å². The van der Waals surface area contributed by atoms with Crippen molar-refractivity contribution in [2.45, 2.75) is 52.4 Å². The fraction of sp³-hybridized carbons (Fsp3) is 0.500. The van der Waals surface area contributed by atoms with Crippen LogP contribution in [0.5, 0.6) is 0 Å². The van der Waals surface area contributed by atoms with Gasteiger partial charge < -0.3 is 10.2 Å². The summed E-state index contributed by atoms with van der Waals surface area (Å²) in [5.74, 6) is -0.00754. The number of nitrogens with zero attached hydrogens (tertiary/aromatic N) is 2. The number of carbonyl (C=O) groups is 1. The lowest BCUT2D eigenvalue weighted by atomic mass is 10.1. The molecule has 2 aliphatic heterocycles. The fourth-order valence-electron chi connectivity index (χ4n) is 3.18. The first-order chi connectivity index (χ1) is 12.2. The average molecular weight is 358 g/mol. The van der Waals surface area contributed by atoms with Gasteiger partial charge in [-0.05, 0) is 55.1 Å². The van der Waals surface area contributed by atoms with Crippen molar-refractivity contribution in [3.05, 3.63) is 40.4 Å². The maximum Gasteiger partial charge on any atom is 0.264 e. The number of aliphatic imine (C=N–C) groups is 1. The number of aryl methyl sites for hydroxylation is 1. The number of rotatable bonds is 7. The number of anilines is 1. The smallest absolute Gasteiger partial charge is 0.264 e. The minimum atomic E-state index is -0.00754. The summed E-state index contributed by atoms with van der Waals surface area (Å²) in [5, 5.41) is 4.06. The van der Waals surface area contributed by atoms with Gasteiger partial charge in [-0.25, -0.2) is 0 Å². The number of fused-ring (bicyclic) bond motifs is 1. The fourth-order valence-corrected chi connectivity index (χ4v) is 4.31. The Morgan fingerprint density at radius 3 is 2.72 bits per heavy atom. The van der Waals surface area contributed by atoms with Crippen molar-refractivity contribution in [1.29, 1.82) is 0 Å². The number of nitrogens with one attached hydrogen (secondary N) is 1. The highest BCUT2D eigenvalue weighted by atomic mass is 32.2. The van der Waals surface area contributed by atoms with Crippen LogP contribution in [0.25, 0.3) is 0 Å². The summed E-state index contributed by atoms with van der Waals surface area (Å²) < 4.78 is 0. The number of allylic oxidation sites excluding steroid dienone is 1. The highest BCUT2D eigenvalue weighted by molar-refractivity contribution is 8.18. The number of hydrogen-bond acceptors (Lipinski definition) is 4. The Morgan fingerprint density at radius 2 is 2.00 bits per heavy atom. The summed E-state index contributed by atoms with van der Waals surface area (Å²) in [6.07, 6.45) is 6.51. The molecule has 0 bridgehead atoms. The van der Waals surface area contributed by atoms with Crippen molar-refractivity contribution in [3.8, 4) is 0 Å². The van der Waals surface area contributed by atoms with Crippen LogP contribution in [0.1, 0.15) is 51.5 Å². The van der Waals surface area contributed by atoms with Gasteiger partial charge in [0.1, 0.15) is 0 Å². The van der Waals surface area contributed by atoms with Gasteiger partial charge >= 0.3 is 0 Å². The van der Waals surface area contributed by atoms with E-state index in [-0.39, 0.29) is 5.91 Å². The Hall–Kier alpha value is -1.75. The second kappa shape index (κ2) is 8.56. The predicted molar refractivity (Wildman–Crippen MR) is 107 cm³/mol. The molecule has 0 fully saturated rings. The quantitative estimate of drug-likeness (QED) is 0.763. The van der Waals surface area contributed by atoms with Crippen LogP contribution in [0, 0.1) is 0 Å². The van der Waals surface area contributed by atoms with E-state index in [9.17, 15) is 4.79 Å². The highest BCUT2D eigenvalue weighted by Gasteiger charge is 2.33. The third-order valence-electron chi connectivity index (χ3n) is 4.52. The van der Waals surface area contributed by atoms with Crippen LogP contribution in [0.3, 0.4) is 0 Å². The molecule has 5 heteroatoms. The number of amidine groups is 1. The second-order valence-corrected chi connectivity index (χ2v) is 7.53. The van der Waals surface area contributed by atoms with Gasteiger partial charge in [-0.3, -0.25) is 9.79 Å². The Labute approximate surface area is 154 Å². The lowest BCUT2D eigenvalue weighted by Gasteiger charge is -2.25. The van der Waals surface area contributed by atoms with Crippen LogP contribution in [-0.2, 0) is 11.2 Å². The van der Waals surface area contributed by atoms with Gasteiger partial charge in [-0.1, -0.05) is 38.8 Å². The summed E-state index contributed by atoms with van der Waals surface area (Å²) in [7, 11) is 0. The van der Waals surface area contributed by atoms with Crippen LogP contribution in [0.15, 0.2) is 39.9 Å². The topological polar surface area (TPSA) is 44.7 Å². The normalized spacial score (nSPS) is 16.7. The molecule has 0 saturated carbocycles. The summed E-state index contributed by atoms with van der Waals surface area (Å²) in [6.45, 7) is 6.20. The molecule has 134 valence electrons. The van der Waals surface area contributed by atoms with E-state index in [1.54, 1.807) is 0 Å². The molecule has 1 aromatic carbocycles. The Morgan fingerprint density at radius 1 is 1.20 bits per heavy atom. The second-order valence-electron chi connectivity index (χ2n) is 6.55. The molecular weight excluding hydrogens is 330 g/mol. The molecule has 0 unspecified atom stereocenters. The molecule has 1 N–H and O–H groups in total. The van der Waals surface area contributed by atoms with Gasteiger partial charge in [-0.15, -0.1) is 0 Å². The summed E-state index contributed by atoms with van der Waals surface area (Å²) >= 11 is 1.53. The first-order valence-electron chi connectivity index (χ1n) is 9.36. The molecule has 25 heavy (non-hydrogen) atoms. The van der Waals surface area contributed by atoms with Gasteiger partial charge in [0.25, 0.3) is 5.91 Å². The molecule has 0 radical (unpaired) electrons. The van der Waals surface area contributed by atoms with Gasteiger partial charge in [0, 0.05) is 24.5 Å². The number of hydrogen-bond donors (Lipinski definition) is 1. The molecule has 2 aliphatic rings. The summed E-state index contributed by atoms with van der Waals surface area (Å²) in [6, 6.07) is 8.24. The van der Waals surface area contributed by atoms with Crippen molar-refractivity contribution in [1.82, 2.24) is 4.90 Å². The summed E-state index contributed by atoms with van der Waals surface area (Å²) in [4.78, 5) is 20.5. The lowest BCUT2D eigenvalue weighted by molar-refractivity contribution is -0.112. The van der Waals surface area contributed by atoms with Crippen LogP contribution in [0.4, 0.5) is 5.69 Å². The largest absolute Gasteiger partial charge is 0.323 e. The van der Waals surface area contributed by atoms with E-state index in [2.05, 4.69) is 41.2 Å². The van der Waals surface area contributed by atoms with E-state index in [0.717, 1.165) is 60.2 Å². The predicted octanol–water partition coefficient (Wildman–Crippen LogP) is 4.79. The number of unbranched alkanes of at least 4 members (excludes halogenated alkanes) is 1. The molecule has 0 saturated heterocycles. The van der Waals surface area contributed by atoms with Crippen LogP contribution in [-0.4, -0.2) is 29.1 Å². The zero-order valence-electron chi connectivity index (χ0n) is 15.2. The van der Waals surface area contributed by atoms with Crippen molar-refractivity contribution >= 4 is 28.5 Å². The van der Waals surface area contributed by atoms with Crippen LogP contribution >= 0.6 is 11.8 Å². The van der Waals surface area contributed by atoms with Gasteiger partial charge in [-0.2, -0.15) is 0 Å². The van der Waals surface area contributed by atoms with E-state index in [0.29, 0.717) is 0 Å². The van der Waals surface area contributed by atoms with Crippen LogP contribution < -0.4 is 5.32 Å². The SMILES string of the molecule is CCCCc1ccc(NC(=O)C2=C(CCC)N3CCCN=C3S2)cc1. The zero-order valence-corrected chi connectivity index (χ0v) is 16.0. The van der Waals surface area contributed by atoms with E-state index >= 15 is 0 Å². The molecule has 0 aromatic heterocycles. The maximum absolute atomic E-state index is 12.8. The molecular formula is C20H27N3OS.